The molecule has 1 aromatic rings. The van der Waals surface area contributed by atoms with E-state index in [9.17, 15) is 9.90 Å². The van der Waals surface area contributed by atoms with Crippen LogP contribution in [0.15, 0.2) is 24.3 Å². The molecule has 2 aliphatic carbocycles. The van der Waals surface area contributed by atoms with Crippen LogP contribution in [0.3, 0.4) is 0 Å². The molecule has 1 unspecified atom stereocenters. The maximum absolute atomic E-state index is 11.8. The first kappa shape index (κ1) is 15.6. The third kappa shape index (κ3) is 2.80. The minimum Gasteiger partial charge on any atom is -0.481 e. The van der Waals surface area contributed by atoms with Gasteiger partial charge in [-0.25, -0.2) is 0 Å². The van der Waals surface area contributed by atoms with Crippen LogP contribution in [0.2, 0.25) is 0 Å². The second-order valence-electron chi connectivity index (χ2n) is 8.17. The van der Waals surface area contributed by atoms with Crippen LogP contribution in [0.5, 0.6) is 0 Å². The van der Waals surface area contributed by atoms with Gasteiger partial charge in [-0.15, -0.1) is 0 Å². The molecular formula is C20H28O2. The molecule has 120 valence electrons. The summed E-state index contributed by atoms with van der Waals surface area (Å²) in [4.78, 5) is 11.8. The van der Waals surface area contributed by atoms with E-state index in [1.165, 1.54) is 31.2 Å². The average molecular weight is 300 g/mol. The van der Waals surface area contributed by atoms with Crippen molar-refractivity contribution in [1.29, 1.82) is 0 Å². The fourth-order valence-electron chi connectivity index (χ4n) is 4.66. The number of benzene rings is 1. The Labute approximate surface area is 133 Å². The molecule has 0 radical (unpaired) electrons. The lowest BCUT2D eigenvalue weighted by Gasteiger charge is -2.35. The third-order valence-electron chi connectivity index (χ3n) is 6.01. The number of aliphatic carboxylic acids is 1. The SMILES string of the molecule is CC1(C)CCCC(c2ccc(C3(C(=O)O)CCCC3)cc2)C1. The second-order valence-corrected chi connectivity index (χ2v) is 8.17. The highest BCUT2D eigenvalue weighted by molar-refractivity contribution is 5.81. The van der Waals surface area contributed by atoms with Gasteiger partial charge in [-0.3, -0.25) is 4.79 Å². The molecule has 0 saturated heterocycles. The van der Waals surface area contributed by atoms with E-state index in [0.29, 0.717) is 11.3 Å². The summed E-state index contributed by atoms with van der Waals surface area (Å²) in [5.74, 6) is -0.00120. The van der Waals surface area contributed by atoms with Gasteiger partial charge >= 0.3 is 5.97 Å². The van der Waals surface area contributed by atoms with Gasteiger partial charge in [-0.1, -0.05) is 57.4 Å². The van der Waals surface area contributed by atoms with Gasteiger partial charge in [0.25, 0.3) is 0 Å². The Morgan fingerprint density at radius 1 is 1.05 bits per heavy atom. The standard InChI is InChI=1S/C20H28O2/c1-19(2)11-5-6-16(14-19)15-7-9-17(10-8-15)20(18(21)22)12-3-4-13-20/h7-10,16H,3-6,11-14H2,1-2H3,(H,21,22). The Balaban J connectivity index is 1.82. The molecule has 0 aliphatic heterocycles. The number of carbonyl (C=O) groups is 1. The van der Waals surface area contributed by atoms with Crippen molar-refractivity contribution in [2.24, 2.45) is 5.41 Å². The number of carboxylic acid groups (broad SMARTS) is 1. The monoisotopic (exact) mass is 300 g/mol. The summed E-state index contributed by atoms with van der Waals surface area (Å²) in [6.07, 6.45) is 8.79. The van der Waals surface area contributed by atoms with Crippen molar-refractivity contribution in [3.05, 3.63) is 35.4 Å². The minimum absolute atomic E-state index is 0.440. The molecule has 2 nitrogen and oxygen atoms in total. The molecule has 2 aliphatic rings. The minimum atomic E-state index is -0.642. The molecule has 1 N–H and O–H groups in total. The van der Waals surface area contributed by atoms with Crippen LogP contribution in [0.4, 0.5) is 0 Å². The van der Waals surface area contributed by atoms with Crippen molar-refractivity contribution in [3.8, 4) is 0 Å². The van der Waals surface area contributed by atoms with E-state index < -0.39 is 11.4 Å². The summed E-state index contributed by atoms with van der Waals surface area (Å²) in [5, 5.41) is 9.70. The van der Waals surface area contributed by atoms with Crippen molar-refractivity contribution < 1.29 is 9.90 Å². The van der Waals surface area contributed by atoms with Gasteiger partial charge in [-0.05, 0) is 54.6 Å². The molecule has 2 fully saturated rings. The Hall–Kier alpha value is -1.31. The average Bonchev–Trinajstić information content (AvgIpc) is 2.97. The van der Waals surface area contributed by atoms with Crippen LogP contribution in [-0.4, -0.2) is 11.1 Å². The highest BCUT2D eigenvalue weighted by atomic mass is 16.4. The number of carboxylic acids is 1. The maximum atomic E-state index is 11.8. The predicted octanol–water partition coefficient (Wildman–Crippen LogP) is 5.27. The van der Waals surface area contributed by atoms with Gasteiger partial charge in [0, 0.05) is 0 Å². The third-order valence-corrected chi connectivity index (χ3v) is 6.01. The topological polar surface area (TPSA) is 37.3 Å². The van der Waals surface area contributed by atoms with Crippen LogP contribution in [0.1, 0.15) is 82.3 Å². The van der Waals surface area contributed by atoms with Crippen LogP contribution in [0.25, 0.3) is 0 Å². The van der Waals surface area contributed by atoms with E-state index in [-0.39, 0.29) is 0 Å². The molecule has 1 aromatic carbocycles. The van der Waals surface area contributed by atoms with E-state index in [2.05, 4.69) is 38.1 Å². The number of rotatable bonds is 3. The second kappa shape index (κ2) is 5.72. The normalized spacial score (nSPS) is 26.7. The Bertz CT molecular complexity index is 535. The predicted molar refractivity (Wildman–Crippen MR) is 89.2 cm³/mol. The van der Waals surface area contributed by atoms with E-state index >= 15 is 0 Å². The van der Waals surface area contributed by atoms with Gasteiger partial charge in [0.1, 0.15) is 0 Å². The van der Waals surface area contributed by atoms with E-state index in [1.807, 2.05) is 0 Å². The fraction of sp³-hybridized carbons (Fsp3) is 0.650. The largest absolute Gasteiger partial charge is 0.481 e. The van der Waals surface area contributed by atoms with Crippen molar-refractivity contribution in [2.45, 2.75) is 76.5 Å². The fourth-order valence-corrected chi connectivity index (χ4v) is 4.66. The quantitative estimate of drug-likeness (QED) is 0.826. The van der Waals surface area contributed by atoms with E-state index in [4.69, 9.17) is 0 Å². The zero-order valence-electron chi connectivity index (χ0n) is 13.9. The van der Waals surface area contributed by atoms with E-state index in [0.717, 1.165) is 31.2 Å². The molecule has 0 aromatic heterocycles. The van der Waals surface area contributed by atoms with Crippen LogP contribution in [0, 0.1) is 5.41 Å². The Morgan fingerprint density at radius 3 is 2.23 bits per heavy atom. The van der Waals surface area contributed by atoms with Crippen LogP contribution >= 0.6 is 0 Å². The molecule has 0 spiro atoms. The van der Waals surface area contributed by atoms with E-state index in [1.54, 1.807) is 0 Å². The van der Waals surface area contributed by atoms with Gasteiger partial charge in [0.05, 0.1) is 5.41 Å². The first-order chi connectivity index (χ1) is 10.4. The van der Waals surface area contributed by atoms with Gasteiger partial charge < -0.3 is 5.11 Å². The van der Waals surface area contributed by atoms with Crippen LogP contribution < -0.4 is 0 Å². The maximum Gasteiger partial charge on any atom is 0.314 e. The highest BCUT2D eigenvalue weighted by Gasteiger charge is 2.42. The zero-order chi connectivity index (χ0) is 15.8. The molecule has 0 heterocycles. The lowest BCUT2D eigenvalue weighted by atomic mass is 9.70. The molecule has 2 saturated carbocycles. The first-order valence-electron chi connectivity index (χ1n) is 8.77. The van der Waals surface area contributed by atoms with Crippen LogP contribution in [-0.2, 0) is 10.2 Å². The van der Waals surface area contributed by atoms with Gasteiger partial charge in [0.2, 0.25) is 0 Å². The molecule has 3 rings (SSSR count). The molecular weight excluding hydrogens is 272 g/mol. The summed E-state index contributed by atoms with van der Waals surface area (Å²) in [5.41, 5.74) is 2.23. The molecule has 2 heteroatoms. The first-order valence-corrected chi connectivity index (χ1v) is 8.77. The summed E-state index contributed by atoms with van der Waals surface area (Å²) < 4.78 is 0. The lowest BCUT2D eigenvalue weighted by molar-refractivity contribution is -0.143. The van der Waals surface area contributed by atoms with Crippen molar-refractivity contribution in [1.82, 2.24) is 0 Å². The summed E-state index contributed by atoms with van der Waals surface area (Å²) in [6.45, 7) is 4.73. The summed E-state index contributed by atoms with van der Waals surface area (Å²) in [6, 6.07) is 8.58. The van der Waals surface area contributed by atoms with Gasteiger partial charge in [-0.2, -0.15) is 0 Å². The molecule has 1 atom stereocenters. The molecule has 0 amide bonds. The highest BCUT2D eigenvalue weighted by Crippen LogP contribution is 2.45. The van der Waals surface area contributed by atoms with Gasteiger partial charge in [0.15, 0.2) is 0 Å². The number of hydrogen-bond donors (Lipinski definition) is 1. The Kier molecular flexibility index (Phi) is 4.05. The summed E-state index contributed by atoms with van der Waals surface area (Å²) in [7, 11) is 0. The van der Waals surface area contributed by atoms with Crippen molar-refractivity contribution in [3.63, 3.8) is 0 Å². The lowest BCUT2D eigenvalue weighted by Crippen LogP contribution is -2.32. The number of hydrogen-bond acceptors (Lipinski definition) is 1. The summed E-state index contributed by atoms with van der Waals surface area (Å²) >= 11 is 0. The zero-order valence-corrected chi connectivity index (χ0v) is 13.9. The Morgan fingerprint density at radius 2 is 1.68 bits per heavy atom. The molecule has 0 bridgehead atoms. The van der Waals surface area contributed by atoms with Crippen molar-refractivity contribution in [2.75, 3.05) is 0 Å². The molecule has 22 heavy (non-hydrogen) atoms. The van der Waals surface area contributed by atoms with Crippen molar-refractivity contribution >= 4 is 5.97 Å². The smallest absolute Gasteiger partial charge is 0.314 e.